The minimum absolute atomic E-state index is 0.0307. The highest BCUT2D eigenvalue weighted by Gasteiger charge is 2.28. The molecular weight excluding hydrogens is 366 g/mol. The van der Waals surface area contributed by atoms with Crippen LogP contribution in [-0.4, -0.2) is 49.7 Å². The zero-order valence-corrected chi connectivity index (χ0v) is 16.8. The number of esters is 1. The number of amides is 1. The number of piperazine rings is 1. The molecule has 6 nitrogen and oxygen atoms in total. The Morgan fingerprint density at radius 2 is 1.83 bits per heavy atom. The third kappa shape index (κ3) is 4.43. The molecule has 29 heavy (non-hydrogen) atoms. The van der Waals surface area contributed by atoms with E-state index in [0.29, 0.717) is 25.2 Å². The highest BCUT2D eigenvalue weighted by Crippen LogP contribution is 2.25. The molecule has 2 saturated heterocycles. The van der Waals surface area contributed by atoms with Gasteiger partial charge < -0.3 is 19.9 Å². The van der Waals surface area contributed by atoms with E-state index in [9.17, 15) is 9.59 Å². The summed E-state index contributed by atoms with van der Waals surface area (Å²) in [6.45, 7) is 5.55. The van der Waals surface area contributed by atoms with Crippen molar-refractivity contribution in [3.63, 3.8) is 0 Å². The van der Waals surface area contributed by atoms with Crippen LogP contribution in [0.4, 0.5) is 10.5 Å². The summed E-state index contributed by atoms with van der Waals surface area (Å²) in [6.07, 6.45) is 1.65. The van der Waals surface area contributed by atoms with Crippen LogP contribution in [0.1, 0.15) is 40.4 Å². The molecule has 2 aliphatic rings. The first kappa shape index (κ1) is 19.5. The zero-order valence-electron chi connectivity index (χ0n) is 16.8. The second-order valence-corrected chi connectivity index (χ2v) is 7.73. The lowest BCUT2D eigenvalue weighted by atomic mass is 10.0. The van der Waals surface area contributed by atoms with E-state index in [-0.39, 0.29) is 6.04 Å². The lowest BCUT2D eigenvalue weighted by Crippen LogP contribution is -2.48. The smallest absolute Gasteiger partial charge is 0.372 e. The van der Waals surface area contributed by atoms with Crippen molar-refractivity contribution in [3.05, 3.63) is 65.2 Å². The Labute approximate surface area is 171 Å². The number of benzene rings is 2. The Bertz CT molecular complexity index is 892. The summed E-state index contributed by atoms with van der Waals surface area (Å²) in [5.74, 6) is -0.580. The normalized spacial score (nSPS) is 19.3. The molecule has 0 saturated carbocycles. The first-order valence-corrected chi connectivity index (χ1v) is 10.3. The van der Waals surface area contributed by atoms with Gasteiger partial charge in [-0.15, -0.1) is 0 Å². The van der Waals surface area contributed by atoms with Crippen molar-refractivity contribution in [1.82, 2.24) is 10.2 Å². The van der Waals surface area contributed by atoms with E-state index in [4.69, 9.17) is 4.74 Å². The van der Waals surface area contributed by atoms with Gasteiger partial charge in [0.1, 0.15) is 0 Å². The summed E-state index contributed by atoms with van der Waals surface area (Å²) in [4.78, 5) is 29.3. The average Bonchev–Trinajstić information content (AvgIpc) is 3.28. The molecule has 2 fully saturated rings. The van der Waals surface area contributed by atoms with E-state index in [1.54, 1.807) is 17.0 Å². The van der Waals surface area contributed by atoms with Crippen LogP contribution < -0.4 is 10.2 Å². The van der Waals surface area contributed by atoms with Gasteiger partial charge in [0.05, 0.1) is 17.3 Å². The van der Waals surface area contributed by atoms with Crippen molar-refractivity contribution in [2.24, 2.45) is 0 Å². The fraction of sp³-hybridized carbons (Fsp3) is 0.391. The maximum absolute atomic E-state index is 12.8. The Hall–Kier alpha value is -2.86. The first-order valence-electron chi connectivity index (χ1n) is 10.3. The first-order chi connectivity index (χ1) is 14.1. The number of hydrogen-bond donors (Lipinski definition) is 1. The van der Waals surface area contributed by atoms with Crippen molar-refractivity contribution >= 4 is 17.7 Å². The van der Waals surface area contributed by atoms with Crippen LogP contribution in [-0.2, 0) is 4.74 Å². The fourth-order valence-corrected chi connectivity index (χ4v) is 4.10. The van der Waals surface area contributed by atoms with Crippen molar-refractivity contribution < 1.29 is 14.3 Å². The van der Waals surface area contributed by atoms with Crippen molar-refractivity contribution in [3.8, 4) is 0 Å². The topological polar surface area (TPSA) is 61.9 Å². The van der Waals surface area contributed by atoms with Crippen LogP contribution in [0.3, 0.4) is 0 Å². The van der Waals surface area contributed by atoms with Gasteiger partial charge in [-0.25, -0.2) is 9.59 Å². The number of anilines is 1. The number of hydrogen-bond acceptors (Lipinski definition) is 5. The van der Waals surface area contributed by atoms with Crippen molar-refractivity contribution in [1.29, 1.82) is 0 Å². The van der Waals surface area contributed by atoms with Gasteiger partial charge in [0.15, 0.2) is 0 Å². The molecule has 1 N–H and O–H groups in total. The quantitative estimate of drug-likeness (QED) is 0.639. The van der Waals surface area contributed by atoms with Crippen molar-refractivity contribution in [2.75, 3.05) is 37.6 Å². The molecule has 2 aromatic rings. The van der Waals surface area contributed by atoms with Gasteiger partial charge in [-0.3, -0.25) is 0 Å². The van der Waals surface area contributed by atoms with E-state index in [1.165, 1.54) is 5.56 Å². The lowest BCUT2D eigenvalue weighted by molar-refractivity contribution is 0.0517. The Kier molecular flexibility index (Phi) is 5.81. The van der Waals surface area contributed by atoms with Crippen LogP contribution in [0.25, 0.3) is 0 Å². The minimum Gasteiger partial charge on any atom is -0.372 e. The monoisotopic (exact) mass is 393 g/mol. The minimum atomic E-state index is -0.580. The molecule has 1 amide bonds. The third-order valence-electron chi connectivity index (χ3n) is 5.63. The zero-order chi connectivity index (χ0) is 20.2. The summed E-state index contributed by atoms with van der Waals surface area (Å²) in [7, 11) is 0. The molecule has 2 aromatic carbocycles. The van der Waals surface area contributed by atoms with E-state index >= 15 is 0 Å². The largest absolute Gasteiger partial charge is 0.417 e. The SMILES string of the molecule is Cc1cccc(C2CN(C(=O)OC(=O)c3ccccc3N3CCCC3)CCN2)c1. The maximum atomic E-state index is 12.8. The molecule has 4 rings (SSSR count). The molecule has 0 aliphatic carbocycles. The van der Waals surface area contributed by atoms with Gasteiger partial charge in [-0.05, 0) is 37.5 Å². The third-order valence-corrected chi connectivity index (χ3v) is 5.63. The summed E-state index contributed by atoms with van der Waals surface area (Å²) in [5, 5.41) is 3.44. The van der Waals surface area contributed by atoms with Gasteiger partial charge in [-0.2, -0.15) is 0 Å². The maximum Gasteiger partial charge on any atom is 0.417 e. The molecule has 0 aromatic heterocycles. The number of carbonyl (C=O) groups excluding carboxylic acids is 2. The van der Waals surface area contributed by atoms with Gasteiger partial charge >= 0.3 is 12.1 Å². The molecule has 152 valence electrons. The summed E-state index contributed by atoms with van der Waals surface area (Å²) < 4.78 is 5.28. The molecule has 0 radical (unpaired) electrons. The average molecular weight is 393 g/mol. The number of aryl methyl sites for hydroxylation is 1. The fourth-order valence-electron chi connectivity index (χ4n) is 4.10. The number of rotatable bonds is 3. The highest BCUT2D eigenvalue weighted by molar-refractivity contribution is 6.01. The number of carbonyl (C=O) groups is 2. The van der Waals surface area contributed by atoms with E-state index < -0.39 is 12.1 Å². The molecular formula is C23H27N3O3. The number of ether oxygens (including phenoxy) is 1. The summed E-state index contributed by atoms with van der Waals surface area (Å²) >= 11 is 0. The molecule has 0 bridgehead atoms. The highest BCUT2D eigenvalue weighted by atomic mass is 16.6. The Morgan fingerprint density at radius 1 is 1.03 bits per heavy atom. The standard InChI is InChI=1S/C23H27N3O3/c1-17-7-6-8-18(15-17)20-16-26(14-11-24-20)23(28)29-22(27)19-9-2-3-10-21(19)25-12-4-5-13-25/h2-3,6-10,15,20,24H,4-5,11-14,16H2,1H3. The van der Waals surface area contributed by atoms with E-state index in [1.807, 2.05) is 18.2 Å². The van der Waals surface area contributed by atoms with Crippen LogP contribution in [0.5, 0.6) is 0 Å². The molecule has 0 spiro atoms. The van der Waals surface area contributed by atoms with Crippen molar-refractivity contribution in [2.45, 2.75) is 25.8 Å². The van der Waals surface area contributed by atoms with Crippen LogP contribution >= 0.6 is 0 Å². The predicted molar refractivity (Wildman–Crippen MR) is 112 cm³/mol. The molecule has 1 atom stereocenters. The van der Waals surface area contributed by atoms with E-state index in [2.05, 4.69) is 35.3 Å². The lowest BCUT2D eigenvalue weighted by Gasteiger charge is -2.33. The summed E-state index contributed by atoms with van der Waals surface area (Å²) in [5.41, 5.74) is 3.61. The van der Waals surface area contributed by atoms with Crippen LogP contribution in [0, 0.1) is 6.92 Å². The number of nitrogens with one attached hydrogen (secondary N) is 1. The van der Waals surface area contributed by atoms with Crippen LogP contribution in [0.2, 0.25) is 0 Å². The van der Waals surface area contributed by atoms with Gasteiger partial charge in [0.25, 0.3) is 0 Å². The Morgan fingerprint density at radius 3 is 2.62 bits per heavy atom. The van der Waals surface area contributed by atoms with Gasteiger partial charge in [0, 0.05) is 32.7 Å². The predicted octanol–water partition coefficient (Wildman–Crippen LogP) is 3.52. The molecule has 6 heteroatoms. The second-order valence-electron chi connectivity index (χ2n) is 7.73. The summed E-state index contributed by atoms with van der Waals surface area (Å²) in [6, 6.07) is 15.6. The molecule has 2 heterocycles. The Balaban J connectivity index is 1.43. The molecule has 1 unspecified atom stereocenters. The number of para-hydroxylation sites is 1. The number of nitrogens with zero attached hydrogens (tertiary/aromatic N) is 2. The molecule has 2 aliphatic heterocycles. The van der Waals surface area contributed by atoms with Gasteiger partial charge in [0.2, 0.25) is 0 Å². The second kappa shape index (κ2) is 8.66. The van der Waals surface area contributed by atoms with Crippen LogP contribution in [0.15, 0.2) is 48.5 Å². The van der Waals surface area contributed by atoms with Gasteiger partial charge in [-0.1, -0.05) is 42.0 Å². The van der Waals surface area contributed by atoms with E-state index in [0.717, 1.165) is 37.2 Å².